The molecule has 0 spiro atoms. The summed E-state index contributed by atoms with van der Waals surface area (Å²) in [6.45, 7) is 20.7. The predicted molar refractivity (Wildman–Crippen MR) is 236 cm³/mol. The van der Waals surface area contributed by atoms with Crippen LogP contribution in [0.25, 0.3) is 32.9 Å². The topological polar surface area (TPSA) is 134 Å². The number of thioether (sulfide) groups is 1. The molecule has 1 amide bonds. The number of hydrogen-bond donors (Lipinski definition) is 1. The van der Waals surface area contributed by atoms with Crippen LogP contribution in [0.1, 0.15) is 86.5 Å². The molecule has 0 saturated heterocycles. The zero-order chi connectivity index (χ0) is 43.7. The van der Waals surface area contributed by atoms with Crippen molar-refractivity contribution in [3.63, 3.8) is 0 Å². The second-order valence-electron chi connectivity index (χ2n) is 16.7. The first-order chi connectivity index (χ1) is 28.4. The first-order valence-electron chi connectivity index (χ1n) is 20.0. The number of aromatic nitrogens is 5. The van der Waals surface area contributed by atoms with Crippen LogP contribution in [0.4, 0.5) is 25.2 Å². The number of halogens is 2. The van der Waals surface area contributed by atoms with Crippen LogP contribution in [0.3, 0.4) is 0 Å². The van der Waals surface area contributed by atoms with Crippen LogP contribution in [0.2, 0.25) is 16.6 Å². The number of hydrogen-bond acceptors (Lipinski definition) is 12. The van der Waals surface area contributed by atoms with Crippen LogP contribution < -0.4 is 19.7 Å². The lowest BCUT2D eigenvalue weighted by Crippen LogP contribution is -2.43. The SMILES string of the molecule is COCOc1cc(-c2nc3c4c(nc(SC)nc4c2F)N(C(C)c2nccnc2NC(=O)OC(C)(C)C)CCO3)c2c(C#C[Si](C(C)C)(C(C)C)C(C)C)c(F)ccc2c1. The van der Waals surface area contributed by atoms with Gasteiger partial charge in [-0.05, 0) is 74.2 Å². The number of carbonyl (C=O) groups excluding carboxylic acids is 1. The standard InChI is InChI=1S/C44H53F2N7O5SSi/c1-24(2)60(25(3)4,26(5)6)20-15-30-32(45)14-13-28-21-29(57-23-55-11)22-31(33(28)30)37-35(46)38-34-40(52-42(50-38)59-12)53(18-19-56-41(34)49-37)27(7)36-39(48-17-16-47-36)51-43(54)58-44(8,9)10/h13-14,16-17,21-22,24-27H,18-19,23H2,1-12H3,(H,48,51,54). The Labute approximate surface area is 355 Å². The number of anilines is 2. The van der Waals surface area contributed by atoms with Crippen molar-refractivity contribution in [1.29, 1.82) is 0 Å². The van der Waals surface area contributed by atoms with Crippen LogP contribution in [-0.2, 0) is 9.47 Å². The fraction of sp³-hybridized carbons (Fsp3) is 0.455. The molecule has 0 bridgehead atoms. The number of fused-ring (bicyclic) bond motifs is 1. The van der Waals surface area contributed by atoms with Crippen molar-refractivity contribution in [2.45, 2.75) is 103 Å². The molecule has 0 radical (unpaired) electrons. The smallest absolute Gasteiger partial charge is 0.413 e. The number of amides is 1. The zero-order valence-electron chi connectivity index (χ0n) is 36.3. The molecule has 0 aliphatic carbocycles. The fourth-order valence-electron chi connectivity index (χ4n) is 8.24. The highest BCUT2D eigenvalue weighted by atomic mass is 32.2. The number of nitrogens with zero attached hydrogens (tertiary/aromatic N) is 6. The Hall–Kier alpha value is -5.11. The Balaban J connectivity index is 1.59. The van der Waals surface area contributed by atoms with E-state index in [0.717, 1.165) is 0 Å². The summed E-state index contributed by atoms with van der Waals surface area (Å²) in [5.74, 6) is 3.04. The summed E-state index contributed by atoms with van der Waals surface area (Å²) < 4.78 is 56.9. The molecule has 1 aliphatic rings. The Morgan fingerprint density at radius 3 is 2.35 bits per heavy atom. The number of methoxy groups -OCH3 is 1. The lowest BCUT2D eigenvalue weighted by molar-refractivity contribution is 0.0512. The van der Waals surface area contributed by atoms with Gasteiger partial charge in [0.2, 0.25) is 5.88 Å². The molecule has 1 aliphatic heterocycles. The van der Waals surface area contributed by atoms with Gasteiger partial charge < -0.3 is 23.8 Å². The maximum absolute atomic E-state index is 17.6. The van der Waals surface area contributed by atoms with Crippen LogP contribution in [0.15, 0.2) is 41.8 Å². The van der Waals surface area contributed by atoms with Gasteiger partial charge in [0.15, 0.2) is 23.6 Å². The monoisotopic (exact) mass is 857 g/mol. The molecule has 0 saturated carbocycles. The maximum Gasteiger partial charge on any atom is 0.413 e. The average molecular weight is 858 g/mol. The Morgan fingerprint density at radius 2 is 1.70 bits per heavy atom. The van der Waals surface area contributed by atoms with Crippen molar-refractivity contribution in [1.82, 2.24) is 24.9 Å². The fourth-order valence-corrected chi connectivity index (χ4v) is 13.8. The van der Waals surface area contributed by atoms with E-state index in [1.807, 2.05) is 11.8 Å². The molecule has 318 valence electrons. The quantitative estimate of drug-likeness (QED) is 0.0445. The molecule has 3 aromatic heterocycles. The normalized spacial score (nSPS) is 13.7. The van der Waals surface area contributed by atoms with E-state index in [-0.39, 0.29) is 59.4 Å². The summed E-state index contributed by atoms with van der Waals surface area (Å²) in [6.07, 6.45) is 4.11. The third kappa shape index (κ3) is 8.71. The minimum atomic E-state index is -2.32. The molecule has 1 unspecified atom stereocenters. The van der Waals surface area contributed by atoms with E-state index >= 15 is 8.78 Å². The molecular weight excluding hydrogens is 805 g/mol. The molecule has 2 aromatic carbocycles. The summed E-state index contributed by atoms with van der Waals surface area (Å²) >= 11 is 1.24. The van der Waals surface area contributed by atoms with Gasteiger partial charge in [0.05, 0.1) is 18.2 Å². The molecule has 0 fully saturated rings. The van der Waals surface area contributed by atoms with Gasteiger partial charge in [-0.2, -0.15) is 0 Å². The first-order valence-corrected chi connectivity index (χ1v) is 23.4. The highest BCUT2D eigenvalue weighted by Gasteiger charge is 2.42. The van der Waals surface area contributed by atoms with E-state index in [4.69, 9.17) is 28.9 Å². The van der Waals surface area contributed by atoms with Gasteiger partial charge in [0.1, 0.15) is 60.0 Å². The maximum atomic E-state index is 17.6. The van der Waals surface area contributed by atoms with Gasteiger partial charge in [0.25, 0.3) is 0 Å². The largest absolute Gasteiger partial charge is 0.475 e. The number of nitrogens with one attached hydrogen (secondary N) is 1. The second kappa shape index (κ2) is 17.9. The molecule has 1 N–H and O–H groups in total. The third-order valence-electron chi connectivity index (χ3n) is 10.9. The molecule has 1 atom stereocenters. The van der Waals surface area contributed by atoms with Gasteiger partial charge in [-0.15, -0.1) is 5.54 Å². The summed E-state index contributed by atoms with van der Waals surface area (Å²) in [7, 11) is -0.820. The second-order valence-corrected chi connectivity index (χ2v) is 23.0. The van der Waals surface area contributed by atoms with Crippen molar-refractivity contribution >= 4 is 59.2 Å². The molecule has 12 nitrogen and oxygen atoms in total. The molecule has 60 heavy (non-hydrogen) atoms. The number of ether oxygens (including phenoxy) is 4. The highest BCUT2D eigenvalue weighted by molar-refractivity contribution is 7.98. The van der Waals surface area contributed by atoms with Crippen LogP contribution in [0.5, 0.6) is 11.6 Å². The van der Waals surface area contributed by atoms with E-state index in [2.05, 4.69) is 73.3 Å². The van der Waals surface area contributed by atoms with Crippen molar-refractivity contribution in [2.75, 3.05) is 43.5 Å². The van der Waals surface area contributed by atoms with Gasteiger partial charge in [0, 0.05) is 30.5 Å². The van der Waals surface area contributed by atoms with Gasteiger partial charge in [-0.25, -0.2) is 33.5 Å². The Morgan fingerprint density at radius 1 is 1.00 bits per heavy atom. The zero-order valence-corrected chi connectivity index (χ0v) is 38.1. The van der Waals surface area contributed by atoms with Crippen molar-refractivity contribution in [2.24, 2.45) is 0 Å². The van der Waals surface area contributed by atoms with E-state index in [9.17, 15) is 4.79 Å². The van der Waals surface area contributed by atoms with E-state index in [1.54, 1.807) is 45.2 Å². The predicted octanol–water partition coefficient (Wildman–Crippen LogP) is 10.5. The molecule has 5 aromatic rings. The summed E-state index contributed by atoms with van der Waals surface area (Å²) in [5.41, 5.74) is 4.49. The Bertz CT molecular complexity index is 2470. The number of carbonyl (C=O) groups is 1. The van der Waals surface area contributed by atoms with Crippen molar-refractivity contribution in [3.05, 3.63) is 59.6 Å². The highest BCUT2D eigenvalue weighted by Crippen LogP contribution is 2.45. The number of pyridine rings is 1. The van der Waals surface area contributed by atoms with E-state index in [1.165, 1.54) is 37.3 Å². The number of benzene rings is 2. The molecular formula is C44H53F2N7O5SSi. The van der Waals surface area contributed by atoms with Crippen LogP contribution >= 0.6 is 11.8 Å². The van der Waals surface area contributed by atoms with E-state index in [0.29, 0.717) is 49.8 Å². The summed E-state index contributed by atoms with van der Waals surface area (Å²) in [4.78, 5) is 38.1. The Kier molecular flexibility index (Phi) is 13.2. The molecule has 6 rings (SSSR count). The average Bonchev–Trinajstić information content (AvgIpc) is 3.37. The van der Waals surface area contributed by atoms with Gasteiger partial charge in [-0.1, -0.05) is 65.3 Å². The molecule has 16 heteroatoms. The van der Waals surface area contributed by atoms with Crippen LogP contribution in [-0.4, -0.2) is 78.0 Å². The number of rotatable bonds is 11. The summed E-state index contributed by atoms with van der Waals surface area (Å²) in [5, 5.41) is 4.23. The minimum absolute atomic E-state index is 0.0408. The van der Waals surface area contributed by atoms with E-state index < -0.39 is 37.4 Å². The molecule has 4 heterocycles. The third-order valence-corrected chi connectivity index (χ3v) is 17.7. The van der Waals surface area contributed by atoms with Crippen molar-refractivity contribution in [3.8, 4) is 34.4 Å². The lowest BCUT2D eigenvalue weighted by atomic mass is 9.95. The van der Waals surface area contributed by atoms with Crippen LogP contribution in [0, 0.1) is 23.1 Å². The summed E-state index contributed by atoms with van der Waals surface area (Å²) in [6, 6.07) is 5.84. The van der Waals surface area contributed by atoms with Gasteiger partial charge in [-0.3, -0.25) is 10.3 Å². The van der Waals surface area contributed by atoms with Gasteiger partial charge >= 0.3 is 6.09 Å². The van der Waals surface area contributed by atoms with Crippen molar-refractivity contribution < 1.29 is 32.5 Å². The minimum Gasteiger partial charge on any atom is -0.475 e. The first kappa shape index (κ1) is 44.4. The lowest BCUT2D eigenvalue weighted by Gasteiger charge is -2.38.